The molecule has 1 aromatic rings. The highest BCUT2D eigenvalue weighted by Gasteiger charge is 2.23. The molecule has 1 aliphatic rings. The molecule has 0 N–H and O–H groups in total. The highest BCUT2D eigenvalue weighted by atomic mass is 15.3. The standard InChI is InChI=1S/C18H31N3/c1-3-5-9-17(10-6-4-2)20-13-15-21(16-14-20)18-11-7-8-12-19-18/h7-8,11-12,17H,3-6,9-10,13-16H2,1-2H3. The number of unbranched alkanes of at least 4 members (excludes halogenated alkanes) is 2. The molecule has 0 radical (unpaired) electrons. The minimum absolute atomic E-state index is 0.802. The van der Waals surface area contributed by atoms with E-state index in [-0.39, 0.29) is 0 Å². The summed E-state index contributed by atoms with van der Waals surface area (Å²) in [7, 11) is 0. The molecular formula is C18H31N3. The molecule has 0 spiro atoms. The zero-order valence-corrected chi connectivity index (χ0v) is 13.8. The van der Waals surface area contributed by atoms with Gasteiger partial charge in [-0.25, -0.2) is 4.98 Å². The third-order valence-corrected chi connectivity index (χ3v) is 4.59. The van der Waals surface area contributed by atoms with Gasteiger partial charge in [0.2, 0.25) is 0 Å². The molecule has 1 aromatic heterocycles. The van der Waals surface area contributed by atoms with Crippen LogP contribution in [0.1, 0.15) is 52.4 Å². The Morgan fingerprint density at radius 1 is 1.00 bits per heavy atom. The molecule has 2 heterocycles. The van der Waals surface area contributed by atoms with Crippen LogP contribution in [0.25, 0.3) is 0 Å². The molecule has 1 saturated heterocycles. The summed E-state index contributed by atoms with van der Waals surface area (Å²) >= 11 is 0. The number of hydrogen-bond donors (Lipinski definition) is 0. The number of nitrogens with zero attached hydrogens (tertiary/aromatic N) is 3. The number of anilines is 1. The molecule has 0 atom stereocenters. The molecule has 21 heavy (non-hydrogen) atoms. The van der Waals surface area contributed by atoms with Gasteiger partial charge in [0.05, 0.1) is 0 Å². The van der Waals surface area contributed by atoms with E-state index in [1.54, 1.807) is 0 Å². The van der Waals surface area contributed by atoms with Crippen LogP contribution in [0.3, 0.4) is 0 Å². The molecule has 0 bridgehead atoms. The molecule has 3 nitrogen and oxygen atoms in total. The number of hydrogen-bond acceptors (Lipinski definition) is 3. The van der Waals surface area contributed by atoms with Crippen molar-refractivity contribution in [2.75, 3.05) is 31.1 Å². The van der Waals surface area contributed by atoms with Crippen LogP contribution in [-0.4, -0.2) is 42.1 Å². The second-order valence-corrected chi connectivity index (χ2v) is 6.15. The van der Waals surface area contributed by atoms with Crippen molar-refractivity contribution >= 4 is 5.82 Å². The lowest BCUT2D eigenvalue weighted by atomic mass is 10.0. The van der Waals surface area contributed by atoms with E-state index < -0.39 is 0 Å². The fourth-order valence-corrected chi connectivity index (χ4v) is 3.25. The number of piperazine rings is 1. The molecule has 0 aromatic carbocycles. The van der Waals surface area contributed by atoms with E-state index in [1.165, 1.54) is 51.6 Å². The molecule has 118 valence electrons. The molecule has 0 aliphatic carbocycles. The fourth-order valence-electron chi connectivity index (χ4n) is 3.25. The summed E-state index contributed by atoms with van der Waals surface area (Å²) in [6.07, 6.45) is 10.0. The van der Waals surface area contributed by atoms with E-state index in [0.717, 1.165) is 24.9 Å². The van der Waals surface area contributed by atoms with Crippen molar-refractivity contribution < 1.29 is 0 Å². The van der Waals surface area contributed by atoms with Gasteiger partial charge in [0.25, 0.3) is 0 Å². The third kappa shape index (κ3) is 4.99. The van der Waals surface area contributed by atoms with E-state index in [2.05, 4.69) is 40.8 Å². The summed E-state index contributed by atoms with van der Waals surface area (Å²) in [5.41, 5.74) is 0. The maximum absolute atomic E-state index is 4.48. The van der Waals surface area contributed by atoms with Gasteiger partial charge in [0, 0.05) is 38.4 Å². The summed E-state index contributed by atoms with van der Waals surface area (Å²) in [4.78, 5) is 9.63. The van der Waals surface area contributed by atoms with Crippen LogP contribution in [0.2, 0.25) is 0 Å². The first-order valence-corrected chi connectivity index (χ1v) is 8.75. The summed E-state index contributed by atoms with van der Waals surface area (Å²) in [6, 6.07) is 7.00. The first kappa shape index (κ1) is 16.3. The molecule has 0 amide bonds. The summed E-state index contributed by atoms with van der Waals surface area (Å²) < 4.78 is 0. The molecule has 1 aliphatic heterocycles. The van der Waals surface area contributed by atoms with E-state index in [9.17, 15) is 0 Å². The van der Waals surface area contributed by atoms with Crippen molar-refractivity contribution in [2.24, 2.45) is 0 Å². The number of pyridine rings is 1. The zero-order chi connectivity index (χ0) is 14.9. The van der Waals surface area contributed by atoms with Gasteiger partial charge >= 0.3 is 0 Å². The summed E-state index contributed by atoms with van der Waals surface area (Å²) in [5, 5.41) is 0. The smallest absolute Gasteiger partial charge is 0.128 e. The normalized spacial score (nSPS) is 16.6. The maximum atomic E-state index is 4.48. The lowest BCUT2D eigenvalue weighted by molar-refractivity contribution is 0.162. The van der Waals surface area contributed by atoms with Crippen molar-refractivity contribution in [3.8, 4) is 0 Å². The molecule has 0 saturated carbocycles. The van der Waals surface area contributed by atoms with Gasteiger partial charge in [-0.1, -0.05) is 45.6 Å². The monoisotopic (exact) mass is 289 g/mol. The second-order valence-electron chi connectivity index (χ2n) is 6.15. The Labute approximate surface area is 130 Å². The first-order chi connectivity index (χ1) is 10.3. The van der Waals surface area contributed by atoms with Gasteiger partial charge in [0.1, 0.15) is 5.82 Å². The van der Waals surface area contributed by atoms with Crippen LogP contribution in [0.5, 0.6) is 0 Å². The van der Waals surface area contributed by atoms with E-state index in [4.69, 9.17) is 0 Å². The largest absolute Gasteiger partial charge is 0.354 e. The van der Waals surface area contributed by atoms with Gasteiger partial charge in [-0.15, -0.1) is 0 Å². The highest BCUT2D eigenvalue weighted by molar-refractivity contribution is 5.38. The predicted molar refractivity (Wildman–Crippen MR) is 90.9 cm³/mol. The van der Waals surface area contributed by atoms with E-state index in [1.807, 2.05) is 12.3 Å². The van der Waals surface area contributed by atoms with Crippen LogP contribution in [0, 0.1) is 0 Å². The van der Waals surface area contributed by atoms with Gasteiger partial charge in [-0.3, -0.25) is 4.90 Å². The summed E-state index contributed by atoms with van der Waals surface area (Å²) in [6.45, 7) is 9.21. The number of aromatic nitrogens is 1. The molecule has 2 rings (SSSR count). The van der Waals surface area contributed by atoms with Crippen LogP contribution >= 0.6 is 0 Å². The van der Waals surface area contributed by atoms with Crippen molar-refractivity contribution in [3.05, 3.63) is 24.4 Å². The average molecular weight is 289 g/mol. The first-order valence-electron chi connectivity index (χ1n) is 8.75. The zero-order valence-electron chi connectivity index (χ0n) is 13.8. The maximum Gasteiger partial charge on any atom is 0.128 e. The van der Waals surface area contributed by atoms with Crippen LogP contribution in [0.15, 0.2) is 24.4 Å². The fraction of sp³-hybridized carbons (Fsp3) is 0.722. The minimum Gasteiger partial charge on any atom is -0.354 e. The van der Waals surface area contributed by atoms with Crippen molar-refractivity contribution in [1.82, 2.24) is 9.88 Å². The Bertz CT molecular complexity index is 363. The summed E-state index contributed by atoms with van der Waals surface area (Å²) in [5.74, 6) is 1.14. The average Bonchev–Trinajstić information content (AvgIpc) is 2.56. The van der Waals surface area contributed by atoms with Gasteiger partial charge in [-0.05, 0) is 25.0 Å². The van der Waals surface area contributed by atoms with E-state index in [0.29, 0.717) is 0 Å². The second kappa shape index (κ2) is 9.04. The Morgan fingerprint density at radius 2 is 1.67 bits per heavy atom. The lowest BCUT2D eigenvalue weighted by Gasteiger charge is -2.40. The van der Waals surface area contributed by atoms with Crippen LogP contribution < -0.4 is 4.90 Å². The predicted octanol–water partition coefficient (Wildman–Crippen LogP) is 3.95. The van der Waals surface area contributed by atoms with E-state index >= 15 is 0 Å². The molecule has 3 heteroatoms. The van der Waals surface area contributed by atoms with Crippen LogP contribution in [-0.2, 0) is 0 Å². The van der Waals surface area contributed by atoms with Gasteiger partial charge < -0.3 is 4.90 Å². The molecular weight excluding hydrogens is 258 g/mol. The Kier molecular flexibility index (Phi) is 7.01. The topological polar surface area (TPSA) is 19.4 Å². The Morgan fingerprint density at radius 3 is 2.19 bits per heavy atom. The number of rotatable bonds is 8. The highest BCUT2D eigenvalue weighted by Crippen LogP contribution is 2.19. The Balaban J connectivity index is 1.85. The minimum atomic E-state index is 0.802. The molecule has 0 unspecified atom stereocenters. The molecule has 1 fully saturated rings. The van der Waals surface area contributed by atoms with Gasteiger partial charge in [0.15, 0.2) is 0 Å². The SMILES string of the molecule is CCCCC(CCCC)N1CCN(c2ccccn2)CC1. The lowest BCUT2D eigenvalue weighted by Crippen LogP contribution is -2.50. The van der Waals surface area contributed by atoms with Crippen molar-refractivity contribution in [2.45, 2.75) is 58.4 Å². The van der Waals surface area contributed by atoms with Crippen LogP contribution in [0.4, 0.5) is 5.82 Å². The Hall–Kier alpha value is -1.09. The quantitative estimate of drug-likeness (QED) is 0.722. The van der Waals surface area contributed by atoms with Gasteiger partial charge in [-0.2, -0.15) is 0 Å². The third-order valence-electron chi connectivity index (χ3n) is 4.59. The van der Waals surface area contributed by atoms with Crippen molar-refractivity contribution in [3.63, 3.8) is 0 Å². The van der Waals surface area contributed by atoms with Crippen molar-refractivity contribution in [1.29, 1.82) is 0 Å².